The second-order valence-electron chi connectivity index (χ2n) is 4.48. The summed E-state index contributed by atoms with van der Waals surface area (Å²) < 4.78 is 5.20. The van der Waals surface area contributed by atoms with Crippen molar-refractivity contribution >= 4 is 23.2 Å². The van der Waals surface area contributed by atoms with Gasteiger partial charge in [0, 0.05) is 22.0 Å². The van der Waals surface area contributed by atoms with E-state index in [0.717, 1.165) is 5.56 Å². The minimum absolute atomic E-state index is 0.146. The maximum Gasteiger partial charge on any atom is 0.258 e. The van der Waals surface area contributed by atoms with E-state index in [1.165, 1.54) is 0 Å². The molecule has 106 valence electrons. The van der Waals surface area contributed by atoms with Gasteiger partial charge in [0.05, 0.1) is 0 Å². The second-order valence-corrected chi connectivity index (χ2v) is 5.32. The Bertz CT molecular complexity index is 787. The molecule has 2 aromatic carbocycles. The Morgan fingerprint density at radius 2 is 1.95 bits per heavy atom. The van der Waals surface area contributed by atoms with Gasteiger partial charge in [-0.05, 0) is 35.9 Å². The third kappa shape index (κ3) is 3.17. The van der Waals surface area contributed by atoms with E-state index in [1.54, 1.807) is 36.4 Å². The van der Waals surface area contributed by atoms with Crippen LogP contribution < -0.4 is 0 Å². The van der Waals surface area contributed by atoms with E-state index in [1.807, 2.05) is 6.07 Å². The summed E-state index contributed by atoms with van der Waals surface area (Å²) in [4.78, 5) is 4.30. The van der Waals surface area contributed by atoms with Gasteiger partial charge in [-0.1, -0.05) is 40.5 Å². The molecule has 0 unspecified atom stereocenters. The van der Waals surface area contributed by atoms with Crippen molar-refractivity contribution in [2.24, 2.45) is 0 Å². The summed E-state index contributed by atoms with van der Waals surface area (Å²) in [5, 5.41) is 14.5. The van der Waals surface area contributed by atoms with Gasteiger partial charge in [0.15, 0.2) is 5.82 Å². The molecule has 0 saturated carbocycles. The van der Waals surface area contributed by atoms with E-state index in [2.05, 4.69) is 10.1 Å². The van der Waals surface area contributed by atoms with Crippen LogP contribution in [0.5, 0.6) is 5.75 Å². The largest absolute Gasteiger partial charge is 0.508 e. The first-order chi connectivity index (χ1) is 10.1. The van der Waals surface area contributed by atoms with Crippen LogP contribution in [-0.4, -0.2) is 15.2 Å². The van der Waals surface area contributed by atoms with Gasteiger partial charge < -0.3 is 9.63 Å². The van der Waals surface area contributed by atoms with Crippen LogP contribution in [0.1, 0.15) is 11.4 Å². The molecule has 0 radical (unpaired) electrons. The lowest BCUT2D eigenvalue weighted by Gasteiger charge is -2.00. The fourth-order valence-corrected chi connectivity index (χ4v) is 2.39. The third-order valence-corrected chi connectivity index (χ3v) is 3.51. The van der Waals surface area contributed by atoms with Crippen LogP contribution in [0.3, 0.4) is 0 Å². The summed E-state index contributed by atoms with van der Waals surface area (Å²) in [7, 11) is 0. The molecule has 1 N–H and O–H groups in total. The van der Waals surface area contributed by atoms with Gasteiger partial charge in [-0.3, -0.25) is 0 Å². The lowest BCUT2D eigenvalue weighted by Crippen LogP contribution is -1.92. The Hall–Kier alpha value is -2.04. The minimum atomic E-state index is 0.146. The number of aromatic hydroxyl groups is 1. The number of hydrogen-bond donors (Lipinski definition) is 1. The maximum atomic E-state index is 9.46. The van der Waals surface area contributed by atoms with E-state index in [9.17, 15) is 5.11 Å². The van der Waals surface area contributed by atoms with Crippen LogP contribution in [0.2, 0.25) is 10.0 Å². The van der Waals surface area contributed by atoms with Crippen molar-refractivity contribution < 1.29 is 9.63 Å². The van der Waals surface area contributed by atoms with Gasteiger partial charge in [0.25, 0.3) is 5.89 Å². The molecular weight excluding hydrogens is 311 g/mol. The number of phenols is 1. The van der Waals surface area contributed by atoms with Crippen molar-refractivity contribution in [3.8, 4) is 17.2 Å². The van der Waals surface area contributed by atoms with Crippen molar-refractivity contribution in [3.63, 3.8) is 0 Å². The monoisotopic (exact) mass is 320 g/mol. The standard InChI is InChI=1S/C15H10Cl2N2O2/c16-11-5-4-9(13(17)8-11)7-14-18-15(21-19-14)10-2-1-3-12(20)6-10/h1-6,8,20H,7H2. The zero-order valence-electron chi connectivity index (χ0n) is 10.8. The highest BCUT2D eigenvalue weighted by molar-refractivity contribution is 6.35. The van der Waals surface area contributed by atoms with E-state index in [-0.39, 0.29) is 5.75 Å². The highest BCUT2D eigenvalue weighted by Crippen LogP contribution is 2.25. The normalized spacial score (nSPS) is 10.8. The predicted octanol–water partition coefficient (Wildman–Crippen LogP) is 4.34. The molecule has 0 fully saturated rings. The maximum absolute atomic E-state index is 9.46. The first kappa shape index (κ1) is 13.9. The average Bonchev–Trinajstić information content (AvgIpc) is 2.91. The first-order valence-electron chi connectivity index (χ1n) is 6.18. The molecule has 1 aromatic heterocycles. The van der Waals surface area contributed by atoms with Gasteiger partial charge in [0.2, 0.25) is 0 Å². The zero-order valence-corrected chi connectivity index (χ0v) is 12.3. The van der Waals surface area contributed by atoms with E-state index >= 15 is 0 Å². The Balaban J connectivity index is 1.85. The minimum Gasteiger partial charge on any atom is -0.508 e. The lowest BCUT2D eigenvalue weighted by molar-refractivity contribution is 0.423. The van der Waals surface area contributed by atoms with Crippen molar-refractivity contribution in [3.05, 3.63) is 63.9 Å². The van der Waals surface area contributed by atoms with Crippen molar-refractivity contribution in [2.45, 2.75) is 6.42 Å². The summed E-state index contributed by atoms with van der Waals surface area (Å²) in [5.74, 6) is 1.01. The summed E-state index contributed by atoms with van der Waals surface area (Å²) in [6.07, 6.45) is 0.443. The molecule has 0 saturated heterocycles. The van der Waals surface area contributed by atoms with Crippen molar-refractivity contribution in [1.29, 1.82) is 0 Å². The smallest absolute Gasteiger partial charge is 0.258 e. The Kier molecular flexibility index (Phi) is 3.82. The summed E-state index contributed by atoms with van der Waals surface area (Å²) in [6.45, 7) is 0. The van der Waals surface area contributed by atoms with Crippen LogP contribution in [-0.2, 0) is 6.42 Å². The molecule has 21 heavy (non-hydrogen) atoms. The molecule has 4 nitrogen and oxygen atoms in total. The fourth-order valence-electron chi connectivity index (χ4n) is 1.92. The molecule has 0 spiro atoms. The van der Waals surface area contributed by atoms with Crippen LogP contribution in [0.4, 0.5) is 0 Å². The number of phenolic OH excluding ortho intramolecular Hbond substituents is 1. The molecule has 6 heteroatoms. The molecule has 0 amide bonds. The summed E-state index contributed by atoms with van der Waals surface area (Å²) >= 11 is 12.0. The fraction of sp³-hybridized carbons (Fsp3) is 0.0667. The molecule has 1 heterocycles. The number of hydrogen-bond acceptors (Lipinski definition) is 4. The quantitative estimate of drug-likeness (QED) is 0.779. The molecule has 0 bridgehead atoms. The highest BCUT2D eigenvalue weighted by atomic mass is 35.5. The zero-order chi connectivity index (χ0) is 14.8. The van der Waals surface area contributed by atoms with Gasteiger partial charge in [-0.15, -0.1) is 0 Å². The Morgan fingerprint density at radius 3 is 2.71 bits per heavy atom. The van der Waals surface area contributed by atoms with Crippen molar-refractivity contribution in [1.82, 2.24) is 10.1 Å². The van der Waals surface area contributed by atoms with Crippen LogP contribution >= 0.6 is 23.2 Å². The van der Waals surface area contributed by atoms with Crippen LogP contribution in [0, 0.1) is 0 Å². The number of aromatic nitrogens is 2. The van der Waals surface area contributed by atoms with E-state index < -0.39 is 0 Å². The van der Waals surface area contributed by atoms with Gasteiger partial charge in [-0.2, -0.15) is 4.98 Å². The molecule has 3 rings (SSSR count). The Morgan fingerprint density at radius 1 is 1.10 bits per heavy atom. The molecule has 0 aliphatic carbocycles. The Labute approximate surface area is 130 Å². The highest BCUT2D eigenvalue weighted by Gasteiger charge is 2.11. The lowest BCUT2D eigenvalue weighted by atomic mass is 10.1. The summed E-state index contributed by atoms with van der Waals surface area (Å²) in [5.41, 5.74) is 1.53. The second kappa shape index (κ2) is 5.76. The molecule has 0 aliphatic rings. The number of rotatable bonds is 3. The first-order valence-corrected chi connectivity index (χ1v) is 6.93. The number of benzene rings is 2. The van der Waals surface area contributed by atoms with E-state index in [0.29, 0.717) is 33.7 Å². The molecular formula is C15H10Cl2N2O2. The van der Waals surface area contributed by atoms with E-state index in [4.69, 9.17) is 27.7 Å². The predicted molar refractivity (Wildman–Crippen MR) is 80.7 cm³/mol. The molecule has 0 aliphatic heterocycles. The van der Waals surface area contributed by atoms with Gasteiger partial charge >= 0.3 is 0 Å². The summed E-state index contributed by atoms with van der Waals surface area (Å²) in [6, 6.07) is 11.9. The average molecular weight is 321 g/mol. The SMILES string of the molecule is Oc1cccc(-c2nc(Cc3ccc(Cl)cc3Cl)no2)c1. The van der Waals surface area contributed by atoms with Gasteiger partial charge in [-0.25, -0.2) is 0 Å². The van der Waals surface area contributed by atoms with Gasteiger partial charge in [0.1, 0.15) is 5.75 Å². The molecule has 3 aromatic rings. The third-order valence-electron chi connectivity index (χ3n) is 2.92. The topological polar surface area (TPSA) is 59.2 Å². The van der Waals surface area contributed by atoms with Crippen LogP contribution in [0.25, 0.3) is 11.5 Å². The van der Waals surface area contributed by atoms with Crippen molar-refractivity contribution in [2.75, 3.05) is 0 Å². The molecule has 0 atom stereocenters. The number of halogens is 2. The number of nitrogens with zero attached hydrogens (tertiary/aromatic N) is 2. The van der Waals surface area contributed by atoms with Crippen LogP contribution in [0.15, 0.2) is 47.0 Å².